The molecule has 0 bridgehead atoms. The number of amides is 1. The molecule has 1 amide bonds. The Morgan fingerprint density at radius 2 is 1.88 bits per heavy atom. The highest BCUT2D eigenvalue weighted by atomic mass is 19.1. The van der Waals surface area contributed by atoms with Crippen molar-refractivity contribution in [3.8, 4) is 0 Å². The largest absolute Gasteiger partial charge is 0.480 e. The van der Waals surface area contributed by atoms with Crippen molar-refractivity contribution in [3.63, 3.8) is 0 Å². The minimum absolute atomic E-state index is 0.155. The molecule has 0 saturated carbocycles. The Hall–Kier alpha value is -3.33. The zero-order chi connectivity index (χ0) is 24.0. The second-order valence-electron chi connectivity index (χ2n) is 7.82. The SMILES string of the molecule is CCOC(=O)C(CCc1ccc(F)cc1)N[C@H]1CCc2cc(F)ccc2N(CC(=O)O)C1=O. The van der Waals surface area contributed by atoms with Gasteiger partial charge in [0.15, 0.2) is 0 Å². The fourth-order valence-corrected chi connectivity index (χ4v) is 3.92. The quantitative estimate of drug-likeness (QED) is 0.559. The van der Waals surface area contributed by atoms with E-state index < -0.39 is 42.3 Å². The normalized spacial score (nSPS) is 16.6. The molecule has 9 heteroatoms. The van der Waals surface area contributed by atoms with Gasteiger partial charge < -0.3 is 9.84 Å². The van der Waals surface area contributed by atoms with Gasteiger partial charge in [0.2, 0.25) is 5.91 Å². The van der Waals surface area contributed by atoms with Crippen LogP contribution in [0.25, 0.3) is 0 Å². The van der Waals surface area contributed by atoms with Crippen molar-refractivity contribution in [1.29, 1.82) is 0 Å². The number of carbonyl (C=O) groups is 3. The molecule has 1 aliphatic rings. The number of carboxylic acids is 1. The van der Waals surface area contributed by atoms with Gasteiger partial charge in [-0.2, -0.15) is 0 Å². The number of aliphatic carboxylic acids is 1. The fourth-order valence-electron chi connectivity index (χ4n) is 3.92. The molecular weight excluding hydrogens is 434 g/mol. The highest BCUT2D eigenvalue weighted by Gasteiger charge is 2.34. The van der Waals surface area contributed by atoms with E-state index in [1.807, 2.05) is 0 Å². The molecule has 0 aliphatic carbocycles. The number of ether oxygens (including phenoxy) is 1. The summed E-state index contributed by atoms with van der Waals surface area (Å²) in [5.41, 5.74) is 1.68. The molecule has 0 radical (unpaired) electrons. The van der Waals surface area contributed by atoms with Crippen molar-refractivity contribution in [2.45, 2.75) is 44.7 Å². The van der Waals surface area contributed by atoms with Crippen molar-refractivity contribution in [3.05, 3.63) is 65.2 Å². The van der Waals surface area contributed by atoms with Crippen molar-refractivity contribution in [1.82, 2.24) is 5.32 Å². The second kappa shape index (κ2) is 11.0. The van der Waals surface area contributed by atoms with Gasteiger partial charge in [-0.1, -0.05) is 12.1 Å². The zero-order valence-corrected chi connectivity index (χ0v) is 18.2. The summed E-state index contributed by atoms with van der Waals surface area (Å²) in [4.78, 5) is 38.4. The second-order valence-corrected chi connectivity index (χ2v) is 7.82. The van der Waals surface area contributed by atoms with E-state index >= 15 is 0 Å². The lowest BCUT2D eigenvalue weighted by atomic mass is 10.0. The van der Waals surface area contributed by atoms with Crippen LogP contribution in [0.15, 0.2) is 42.5 Å². The Labute approximate surface area is 190 Å². The van der Waals surface area contributed by atoms with Crippen LogP contribution in [0.4, 0.5) is 14.5 Å². The predicted molar refractivity (Wildman–Crippen MR) is 117 cm³/mol. The maximum atomic E-state index is 13.8. The summed E-state index contributed by atoms with van der Waals surface area (Å²) in [6.45, 7) is 1.24. The van der Waals surface area contributed by atoms with Gasteiger partial charge in [-0.05, 0) is 74.1 Å². The first-order valence-corrected chi connectivity index (χ1v) is 10.8. The molecule has 0 spiro atoms. The first kappa shape index (κ1) is 24.3. The number of nitrogens with zero attached hydrogens (tertiary/aromatic N) is 1. The van der Waals surface area contributed by atoms with Crippen molar-refractivity contribution < 1.29 is 33.0 Å². The number of esters is 1. The number of nitrogens with one attached hydrogen (secondary N) is 1. The van der Waals surface area contributed by atoms with Crippen molar-refractivity contribution >= 4 is 23.5 Å². The van der Waals surface area contributed by atoms with Gasteiger partial charge >= 0.3 is 11.9 Å². The number of carbonyl (C=O) groups excluding carboxylic acids is 2. The molecule has 2 aromatic rings. The van der Waals surface area contributed by atoms with E-state index in [2.05, 4.69) is 5.32 Å². The lowest BCUT2D eigenvalue weighted by Gasteiger charge is -2.27. The fraction of sp³-hybridized carbons (Fsp3) is 0.375. The van der Waals surface area contributed by atoms with Crippen LogP contribution in [-0.4, -0.2) is 48.2 Å². The number of rotatable bonds is 9. The topological polar surface area (TPSA) is 95.9 Å². The van der Waals surface area contributed by atoms with Crippen LogP contribution >= 0.6 is 0 Å². The highest BCUT2D eigenvalue weighted by Crippen LogP contribution is 2.28. The van der Waals surface area contributed by atoms with Gasteiger partial charge in [-0.25, -0.2) is 8.78 Å². The van der Waals surface area contributed by atoms with Crippen LogP contribution in [0.2, 0.25) is 0 Å². The van der Waals surface area contributed by atoms with Gasteiger partial charge in [0.05, 0.1) is 12.6 Å². The first-order chi connectivity index (χ1) is 15.8. The van der Waals surface area contributed by atoms with Crippen molar-refractivity contribution in [2.75, 3.05) is 18.1 Å². The summed E-state index contributed by atoms with van der Waals surface area (Å²) in [6, 6.07) is 8.05. The minimum atomic E-state index is -1.21. The molecule has 2 N–H and O–H groups in total. The summed E-state index contributed by atoms with van der Waals surface area (Å²) < 4.78 is 32.1. The smallest absolute Gasteiger partial charge is 0.323 e. The molecule has 1 heterocycles. The molecule has 1 unspecified atom stereocenters. The van der Waals surface area contributed by atoms with Gasteiger partial charge in [-0.15, -0.1) is 0 Å². The molecule has 3 rings (SSSR count). The van der Waals surface area contributed by atoms with E-state index in [1.165, 1.54) is 30.3 Å². The molecule has 2 aromatic carbocycles. The van der Waals surface area contributed by atoms with Gasteiger partial charge in [0.25, 0.3) is 0 Å². The average molecular weight is 460 g/mol. The van der Waals surface area contributed by atoms with Crippen LogP contribution in [0.5, 0.6) is 0 Å². The lowest BCUT2D eigenvalue weighted by molar-refractivity contribution is -0.146. The molecule has 33 heavy (non-hydrogen) atoms. The van der Waals surface area contributed by atoms with Crippen LogP contribution in [0.3, 0.4) is 0 Å². The molecule has 176 valence electrons. The number of fused-ring (bicyclic) bond motifs is 1. The Balaban J connectivity index is 1.81. The molecule has 2 atom stereocenters. The first-order valence-electron chi connectivity index (χ1n) is 10.8. The third-order valence-electron chi connectivity index (χ3n) is 5.50. The summed E-state index contributed by atoms with van der Waals surface area (Å²) in [7, 11) is 0. The molecule has 0 aromatic heterocycles. The highest BCUT2D eigenvalue weighted by molar-refractivity contribution is 6.02. The standard InChI is InChI=1S/C24H26F2N2O5/c1-2-33-24(32)20(10-5-15-3-7-17(25)8-4-15)27-19-11-6-16-13-18(26)9-12-21(16)28(23(19)31)14-22(29)30/h3-4,7-9,12-13,19-20,27H,2,5-6,10-11,14H2,1H3,(H,29,30)/t19-,20?/m0/s1. The van der Waals surface area contributed by atoms with Crippen molar-refractivity contribution in [2.24, 2.45) is 0 Å². The number of carboxylic acid groups (broad SMARTS) is 1. The Bertz CT molecular complexity index is 1010. The average Bonchev–Trinajstić information content (AvgIpc) is 2.89. The number of benzene rings is 2. The van der Waals surface area contributed by atoms with Crippen LogP contribution in [0, 0.1) is 11.6 Å². The Morgan fingerprint density at radius 1 is 1.18 bits per heavy atom. The maximum Gasteiger partial charge on any atom is 0.323 e. The number of aryl methyl sites for hydroxylation is 2. The van der Waals surface area contributed by atoms with Gasteiger partial charge in [0, 0.05) is 5.69 Å². The molecule has 0 fully saturated rings. The molecule has 7 nitrogen and oxygen atoms in total. The maximum absolute atomic E-state index is 13.8. The third-order valence-corrected chi connectivity index (χ3v) is 5.50. The van der Waals surface area contributed by atoms with E-state index in [0.29, 0.717) is 24.1 Å². The number of anilines is 1. The number of halogens is 2. The molecule has 0 saturated heterocycles. The summed E-state index contributed by atoms with van der Waals surface area (Å²) in [6.07, 6.45) is 1.29. The molecular formula is C24H26F2N2O5. The predicted octanol–water partition coefficient (Wildman–Crippen LogP) is 2.85. The lowest BCUT2D eigenvalue weighted by Crippen LogP contribution is -2.53. The van der Waals surface area contributed by atoms with E-state index in [9.17, 15) is 28.3 Å². The van der Waals surface area contributed by atoms with Crippen LogP contribution < -0.4 is 10.2 Å². The van der Waals surface area contributed by atoms with Crippen LogP contribution in [-0.2, 0) is 32.0 Å². The van der Waals surface area contributed by atoms with Crippen LogP contribution in [0.1, 0.15) is 30.9 Å². The van der Waals surface area contributed by atoms with Gasteiger partial charge in [-0.3, -0.25) is 24.6 Å². The van der Waals surface area contributed by atoms with E-state index in [0.717, 1.165) is 10.5 Å². The summed E-state index contributed by atoms with van der Waals surface area (Å²) in [5.74, 6) is -3.11. The van der Waals surface area contributed by atoms with E-state index in [-0.39, 0.29) is 25.3 Å². The Kier molecular flexibility index (Phi) is 8.11. The third kappa shape index (κ3) is 6.35. The minimum Gasteiger partial charge on any atom is -0.480 e. The monoisotopic (exact) mass is 460 g/mol. The Morgan fingerprint density at radius 3 is 2.55 bits per heavy atom. The van der Waals surface area contributed by atoms with E-state index in [1.54, 1.807) is 19.1 Å². The zero-order valence-electron chi connectivity index (χ0n) is 18.2. The number of hydrogen-bond acceptors (Lipinski definition) is 5. The number of hydrogen-bond donors (Lipinski definition) is 2. The van der Waals surface area contributed by atoms with Gasteiger partial charge in [0.1, 0.15) is 24.2 Å². The summed E-state index contributed by atoms with van der Waals surface area (Å²) >= 11 is 0. The van der Waals surface area contributed by atoms with E-state index in [4.69, 9.17) is 4.74 Å². The molecule has 1 aliphatic heterocycles. The summed E-state index contributed by atoms with van der Waals surface area (Å²) in [5, 5.41) is 12.4.